The van der Waals surface area contributed by atoms with Crippen molar-refractivity contribution in [1.82, 2.24) is 9.97 Å². The maximum atomic E-state index is 5.62. The summed E-state index contributed by atoms with van der Waals surface area (Å²) in [7, 11) is 0. The van der Waals surface area contributed by atoms with Crippen LogP contribution in [0.25, 0.3) is 22.0 Å². The molecule has 2 aromatic heterocycles. The molecule has 0 aliphatic carbocycles. The van der Waals surface area contributed by atoms with E-state index in [1.165, 1.54) is 16.5 Å². The molecule has 0 N–H and O–H groups in total. The molecule has 29 heavy (non-hydrogen) atoms. The van der Waals surface area contributed by atoms with Gasteiger partial charge in [-0.25, -0.2) is 4.98 Å². The molecule has 3 nitrogen and oxygen atoms in total. The molecule has 4 aromatic rings. The van der Waals surface area contributed by atoms with E-state index in [0.29, 0.717) is 5.89 Å². The van der Waals surface area contributed by atoms with Gasteiger partial charge in [0.15, 0.2) is 11.5 Å². The topological polar surface area (TPSA) is 38.9 Å². The fourth-order valence-electron chi connectivity index (χ4n) is 4.06. The van der Waals surface area contributed by atoms with Crippen molar-refractivity contribution in [3.05, 3.63) is 71.2 Å². The van der Waals surface area contributed by atoms with E-state index in [1.54, 1.807) is 0 Å². The van der Waals surface area contributed by atoms with Crippen LogP contribution in [0.15, 0.2) is 52.9 Å². The summed E-state index contributed by atoms with van der Waals surface area (Å²) in [5.74, 6) is 0.706. The molecule has 0 aliphatic rings. The number of hydrogen-bond acceptors (Lipinski definition) is 3. The molecule has 0 atom stereocenters. The van der Waals surface area contributed by atoms with Crippen molar-refractivity contribution in [2.45, 2.75) is 59.8 Å². The van der Waals surface area contributed by atoms with Crippen molar-refractivity contribution in [3.8, 4) is 0 Å². The van der Waals surface area contributed by atoms with Gasteiger partial charge in [0, 0.05) is 18.0 Å². The lowest BCUT2D eigenvalue weighted by molar-refractivity contribution is 0.411. The van der Waals surface area contributed by atoms with Crippen molar-refractivity contribution in [2.75, 3.05) is 0 Å². The Morgan fingerprint density at radius 2 is 1.59 bits per heavy atom. The molecule has 2 heterocycles. The molecule has 0 unspecified atom stereocenters. The van der Waals surface area contributed by atoms with Crippen LogP contribution in [0, 0.1) is 12.3 Å². The van der Waals surface area contributed by atoms with Gasteiger partial charge in [-0.1, -0.05) is 52.8 Å². The molecule has 4 rings (SSSR count). The second-order valence-electron chi connectivity index (χ2n) is 10.0. The number of pyridine rings is 1. The third-order valence-electron chi connectivity index (χ3n) is 5.44. The average molecular weight is 387 g/mol. The standard InChI is InChI=1S/C26H30N2O/c1-17-27-23-14-20(9-12-24(23)29-17)26(5,6)16-21-10-8-19-13-18(15-25(2,3)4)7-11-22(19)28-21/h7-14H,15-16H2,1-6H3. The highest BCUT2D eigenvalue weighted by atomic mass is 16.3. The molecular weight excluding hydrogens is 356 g/mol. The molecule has 3 heteroatoms. The summed E-state index contributed by atoms with van der Waals surface area (Å²) in [6.45, 7) is 13.2. The molecule has 0 saturated heterocycles. The molecule has 0 amide bonds. The molecule has 2 aromatic carbocycles. The summed E-state index contributed by atoms with van der Waals surface area (Å²) in [6.07, 6.45) is 1.94. The van der Waals surface area contributed by atoms with Gasteiger partial charge in [0.1, 0.15) is 5.52 Å². The monoisotopic (exact) mass is 386 g/mol. The normalized spacial score (nSPS) is 12.8. The van der Waals surface area contributed by atoms with Gasteiger partial charge in [-0.15, -0.1) is 0 Å². The van der Waals surface area contributed by atoms with E-state index in [4.69, 9.17) is 9.40 Å². The maximum absolute atomic E-state index is 5.62. The van der Waals surface area contributed by atoms with E-state index in [9.17, 15) is 0 Å². The molecular formula is C26H30N2O. The average Bonchev–Trinajstić information content (AvgIpc) is 2.99. The Bertz CT molecular complexity index is 1180. The molecule has 0 aliphatic heterocycles. The van der Waals surface area contributed by atoms with Gasteiger partial charge in [0.2, 0.25) is 0 Å². The predicted molar refractivity (Wildman–Crippen MR) is 120 cm³/mol. The second kappa shape index (κ2) is 6.98. The minimum absolute atomic E-state index is 0.0477. The number of benzene rings is 2. The van der Waals surface area contributed by atoms with Crippen LogP contribution >= 0.6 is 0 Å². The van der Waals surface area contributed by atoms with E-state index in [0.717, 1.165) is 35.2 Å². The zero-order valence-corrected chi connectivity index (χ0v) is 18.3. The first-order chi connectivity index (χ1) is 13.6. The third kappa shape index (κ3) is 4.34. The highest BCUT2D eigenvalue weighted by Gasteiger charge is 2.23. The lowest BCUT2D eigenvalue weighted by atomic mass is 9.80. The Morgan fingerprint density at radius 3 is 2.34 bits per heavy atom. The van der Waals surface area contributed by atoms with Crippen LogP contribution in [0.3, 0.4) is 0 Å². The maximum Gasteiger partial charge on any atom is 0.192 e. The number of rotatable bonds is 4. The highest BCUT2D eigenvalue weighted by Crippen LogP contribution is 2.31. The van der Waals surface area contributed by atoms with Crippen LogP contribution in [0.1, 0.15) is 57.3 Å². The number of aryl methyl sites for hydroxylation is 1. The third-order valence-corrected chi connectivity index (χ3v) is 5.44. The van der Waals surface area contributed by atoms with Crippen molar-refractivity contribution in [3.63, 3.8) is 0 Å². The first-order valence-corrected chi connectivity index (χ1v) is 10.4. The zero-order valence-electron chi connectivity index (χ0n) is 18.3. The van der Waals surface area contributed by atoms with Crippen molar-refractivity contribution in [1.29, 1.82) is 0 Å². The van der Waals surface area contributed by atoms with E-state index in [2.05, 4.69) is 82.1 Å². The molecule has 0 spiro atoms. The number of nitrogens with zero attached hydrogens (tertiary/aromatic N) is 2. The molecule has 0 radical (unpaired) electrons. The van der Waals surface area contributed by atoms with Gasteiger partial charge in [-0.2, -0.15) is 0 Å². The number of fused-ring (bicyclic) bond motifs is 2. The Kier molecular flexibility index (Phi) is 4.72. The summed E-state index contributed by atoms with van der Waals surface area (Å²) < 4.78 is 5.62. The summed E-state index contributed by atoms with van der Waals surface area (Å²) in [5.41, 5.74) is 6.81. The first kappa shape index (κ1) is 19.6. The van der Waals surface area contributed by atoms with Crippen LogP contribution < -0.4 is 0 Å². The summed E-state index contributed by atoms with van der Waals surface area (Å²) in [5, 5.41) is 1.22. The fourth-order valence-corrected chi connectivity index (χ4v) is 4.06. The van der Waals surface area contributed by atoms with Gasteiger partial charge in [-0.3, -0.25) is 4.98 Å². The number of hydrogen-bond donors (Lipinski definition) is 0. The predicted octanol–water partition coefficient (Wildman–Crippen LogP) is 6.79. The fraction of sp³-hybridized carbons (Fsp3) is 0.385. The van der Waals surface area contributed by atoms with Crippen molar-refractivity contribution >= 4 is 22.0 Å². The van der Waals surface area contributed by atoms with Crippen LogP contribution in [-0.4, -0.2) is 9.97 Å². The Balaban J connectivity index is 1.60. The Morgan fingerprint density at radius 1 is 0.793 bits per heavy atom. The quantitative estimate of drug-likeness (QED) is 0.387. The minimum atomic E-state index is -0.0477. The zero-order chi connectivity index (χ0) is 20.8. The first-order valence-electron chi connectivity index (χ1n) is 10.4. The Labute approximate surface area is 173 Å². The van der Waals surface area contributed by atoms with Crippen LogP contribution in [0.2, 0.25) is 0 Å². The molecule has 0 bridgehead atoms. The lowest BCUT2D eigenvalue weighted by Crippen LogP contribution is -2.21. The molecule has 150 valence electrons. The van der Waals surface area contributed by atoms with E-state index < -0.39 is 0 Å². The lowest BCUT2D eigenvalue weighted by Gasteiger charge is -2.25. The van der Waals surface area contributed by atoms with Crippen molar-refractivity contribution in [2.24, 2.45) is 5.41 Å². The van der Waals surface area contributed by atoms with Crippen molar-refractivity contribution < 1.29 is 4.42 Å². The van der Waals surface area contributed by atoms with Gasteiger partial charge >= 0.3 is 0 Å². The van der Waals surface area contributed by atoms with Gasteiger partial charge in [0.05, 0.1) is 5.52 Å². The van der Waals surface area contributed by atoms with Crippen LogP contribution in [0.4, 0.5) is 0 Å². The summed E-state index contributed by atoms with van der Waals surface area (Å²) >= 11 is 0. The van der Waals surface area contributed by atoms with Crippen LogP contribution in [0.5, 0.6) is 0 Å². The minimum Gasteiger partial charge on any atom is -0.441 e. The second-order valence-corrected chi connectivity index (χ2v) is 10.0. The highest BCUT2D eigenvalue weighted by molar-refractivity contribution is 5.79. The van der Waals surface area contributed by atoms with Gasteiger partial charge < -0.3 is 4.42 Å². The number of aromatic nitrogens is 2. The summed E-state index contributed by atoms with van der Waals surface area (Å²) in [6, 6.07) is 17.4. The number of oxazole rings is 1. The van der Waals surface area contributed by atoms with Crippen LogP contribution in [-0.2, 0) is 18.3 Å². The largest absolute Gasteiger partial charge is 0.441 e. The Hall–Kier alpha value is -2.68. The van der Waals surface area contributed by atoms with Gasteiger partial charge in [-0.05, 0) is 65.1 Å². The molecule has 0 fully saturated rings. The SMILES string of the molecule is Cc1nc2cc(C(C)(C)Cc3ccc4cc(CC(C)(C)C)ccc4n3)ccc2o1. The van der Waals surface area contributed by atoms with E-state index in [1.807, 2.05) is 13.0 Å². The summed E-state index contributed by atoms with van der Waals surface area (Å²) in [4.78, 5) is 9.44. The van der Waals surface area contributed by atoms with E-state index in [-0.39, 0.29) is 10.8 Å². The van der Waals surface area contributed by atoms with E-state index >= 15 is 0 Å². The molecule has 0 saturated carbocycles. The van der Waals surface area contributed by atoms with Gasteiger partial charge in [0.25, 0.3) is 0 Å². The smallest absolute Gasteiger partial charge is 0.192 e.